The summed E-state index contributed by atoms with van der Waals surface area (Å²) in [6.45, 7) is 5.89. The van der Waals surface area contributed by atoms with Crippen LogP contribution in [0.15, 0.2) is 0 Å². The van der Waals surface area contributed by atoms with Gasteiger partial charge in [-0.25, -0.2) is 9.59 Å². The summed E-state index contributed by atoms with van der Waals surface area (Å²) in [5, 5.41) is 11.6. The van der Waals surface area contributed by atoms with Gasteiger partial charge >= 0.3 is 12.0 Å². The Morgan fingerprint density at radius 3 is 2.39 bits per heavy atom. The molecular weight excluding hydrogens is 252 g/mol. The largest absolute Gasteiger partial charge is 0.480 e. The molecule has 0 aliphatic carbocycles. The van der Waals surface area contributed by atoms with Gasteiger partial charge in [0.15, 0.2) is 0 Å². The van der Waals surface area contributed by atoms with Gasteiger partial charge in [0.25, 0.3) is 0 Å². The Labute approximate surface area is 113 Å². The number of nitrogens with zero attached hydrogens (tertiary/aromatic N) is 1. The van der Waals surface area contributed by atoms with Crippen LogP contribution in [0.1, 0.15) is 33.6 Å². The number of thioether (sulfide) groups is 1. The van der Waals surface area contributed by atoms with Crippen molar-refractivity contribution in [1.82, 2.24) is 10.2 Å². The lowest BCUT2D eigenvalue weighted by Crippen LogP contribution is -2.53. The first kappa shape index (κ1) is 17.1. The first-order chi connectivity index (χ1) is 8.26. The monoisotopic (exact) mass is 276 g/mol. The van der Waals surface area contributed by atoms with Crippen LogP contribution in [0.4, 0.5) is 4.79 Å². The fourth-order valence-corrected chi connectivity index (χ4v) is 1.72. The maximum absolute atomic E-state index is 12.0. The first-order valence-electron chi connectivity index (χ1n) is 6.02. The summed E-state index contributed by atoms with van der Waals surface area (Å²) in [6.07, 6.45) is 3.15. The summed E-state index contributed by atoms with van der Waals surface area (Å²) in [4.78, 5) is 24.6. The van der Waals surface area contributed by atoms with E-state index in [1.165, 1.54) is 0 Å². The van der Waals surface area contributed by atoms with E-state index in [2.05, 4.69) is 5.32 Å². The van der Waals surface area contributed by atoms with E-state index in [0.29, 0.717) is 12.2 Å². The van der Waals surface area contributed by atoms with Gasteiger partial charge in [0.05, 0.1) is 0 Å². The van der Waals surface area contributed by atoms with Crippen molar-refractivity contribution in [1.29, 1.82) is 0 Å². The van der Waals surface area contributed by atoms with Crippen molar-refractivity contribution in [3.8, 4) is 0 Å². The minimum Gasteiger partial charge on any atom is -0.480 e. The van der Waals surface area contributed by atoms with Crippen molar-refractivity contribution < 1.29 is 14.7 Å². The molecule has 0 rings (SSSR count). The number of carboxylic acids is 1. The normalized spacial score (nSPS) is 12.9. The average molecular weight is 276 g/mol. The number of carboxylic acid groups (broad SMARTS) is 1. The van der Waals surface area contributed by atoms with Crippen LogP contribution in [0.2, 0.25) is 0 Å². The number of amides is 2. The molecule has 18 heavy (non-hydrogen) atoms. The molecular formula is C12H24N2O3S. The zero-order chi connectivity index (χ0) is 14.3. The molecule has 0 radical (unpaired) electrons. The summed E-state index contributed by atoms with van der Waals surface area (Å²) in [7, 11) is 1.69. The van der Waals surface area contributed by atoms with Crippen LogP contribution in [0, 0.1) is 0 Å². The van der Waals surface area contributed by atoms with Crippen LogP contribution in [-0.4, -0.2) is 52.6 Å². The van der Waals surface area contributed by atoms with E-state index in [1.807, 2.05) is 27.0 Å². The van der Waals surface area contributed by atoms with Gasteiger partial charge in [0, 0.05) is 12.6 Å². The van der Waals surface area contributed by atoms with Gasteiger partial charge in [-0.3, -0.25) is 0 Å². The number of carbonyl (C=O) groups excluding carboxylic acids is 1. The third kappa shape index (κ3) is 5.16. The summed E-state index contributed by atoms with van der Waals surface area (Å²) in [6, 6.07) is -1.16. The second kappa shape index (κ2) is 7.51. The molecule has 0 aromatic rings. The lowest BCUT2D eigenvalue weighted by Gasteiger charge is -2.35. The van der Waals surface area contributed by atoms with Gasteiger partial charge in [-0.05, 0) is 38.7 Å². The van der Waals surface area contributed by atoms with E-state index in [0.717, 1.165) is 6.42 Å². The maximum atomic E-state index is 12.0. The molecule has 0 heterocycles. The summed E-state index contributed by atoms with van der Waals surface area (Å²) in [5.41, 5.74) is -0.285. The molecule has 0 aliphatic rings. The molecule has 0 saturated carbocycles. The zero-order valence-corrected chi connectivity index (χ0v) is 12.6. The Kier molecular flexibility index (Phi) is 7.13. The van der Waals surface area contributed by atoms with Crippen LogP contribution in [0.25, 0.3) is 0 Å². The Morgan fingerprint density at radius 2 is 2.00 bits per heavy atom. The SMILES string of the molecule is CCC(C)(C)N(C)C(=O)NC(CCSC)C(=O)O. The second-order valence-corrected chi connectivity index (χ2v) is 5.83. The van der Waals surface area contributed by atoms with Gasteiger partial charge in [0.2, 0.25) is 0 Å². The van der Waals surface area contributed by atoms with Crippen molar-refractivity contribution >= 4 is 23.8 Å². The average Bonchev–Trinajstić information content (AvgIpc) is 2.32. The number of hydrogen-bond donors (Lipinski definition) is 2. The number of aliphatic carboxylic acids is 1. The van der Waals surface area contributed by atoms with E-state index in [4.69, 9.17) is 5.11 Å². The minimum absolute atomic E-state index is 0.285. The molecule has 6 heteroatoms. The Balaban J connectivity index is 4.55. The third-order valence-electron chi connectivity index (χ3n) is 3.28. The molecule has 0 aliphatic heterocycles. The predicted octanol–water partition coefficient (Wildman–Crippen LogP) is 2.02. The second-order valence-electron chi connectivity index (χ2n) is 4.85. The molecule has 106 valence electrons. The van der Waals surface area contributed by atoms with Gasteiger partial charge in [-0.2, -0.15) is 11.8 Å². The van der Waals surface area contributed by atoms with Gasteiger partial charge < -0.3 is 15.3 Å². The van der Waals surface area contributed by atoms with Gasteiger partial charge in [-0.15, -0.1) is 0 Å². The topological polar surface area (TPSA) is 69.6 Å². The van der Waals surface area contributed by atoms with Gasteiger partial charge in [-0.1, -0.05) is 6.92 Å². The number of nitrogens with one attached hydrogen (secondary N) is 1. The lowest BCUT2D eigenvalue weighted by atomic mass is 10.0. The number of hydrogen-bond acceptors (Lipinski definition) is 3. The Hall–Kier alpha value is -0.910. The highest BCUT2D eigenvalue weighted by Crippen LogP contribution is 2.16. The fourth-order valence-electron chi connectivity index (χ4n) is 1.25. The fraction of sp³-hybridized carbons (Fsp3) is 0.833. The molecule has 0 fully saturated rings. The quantitative estimate of drug-likeness (QED) is 0.746. The molecule has 0 aromatic carbocycles. The van der Waals surface area contributed by atoms with Gasteiger partial charge in [0.1, 0.15) is 6.04 Å². The smallest absolute Gasteiger partial charge is 0.326 e. The maximum Gasteiger partial charge on any atom is 0.326 e. The molecule has 0 spiro atoms. The summed E-state index contributed by atoms with van der Waals surface area (Å²) < 4.78 is 0. The highest BCUT2D eigenvalue weighted by Gasteiger charge is 2.28. The zero-order valence-electron chi connectivity index (χ0n) is 11.8. The number of urea groups is 1. The van der Waals surface area contributed by atoms with E-state index in [-0.39, 0.29) is 11.6 Å². The highest BCUT2D eigenvalue weighted by molar-refractivity contribution is 7.98. The Bertz CT molecular complexity index is 295. The molecule has 0 bridgehead atoms. The molecule has 0 aromatic heterocycles. The first-order valence-corrected chi connectivity index (χ1v) is 7.41. The van der Waals surface area contributed by atoms with Crippen LogP contribution in [0.3, 0.4) is 0 Å². The molecule has 5 nitrogen and oxygen atoms in total. The van der Waals surface area contributed by atoms with Crippen molar-refractivity contribution in [2.45, 2.75) is 45.2 Å². The Morgan fingerprint density at radius 1 is 1.44 bits per heavy atom. The van der Waals surface area contributed by atoms with Crippen LogP contribution < -0.4 is 5.32 Å². The van der Waals surface area contributed by atoms with E-state index in [1.54, 1.807) is 23.7 Å². The minimum atomic E-state index is -0.986. The van der Waals surface area contributed by atoms with Crippen molar-refractivity contribution in [2.75, 3.05) is 19.1 Å². The lowest BCUT2D eigenvalue weighted by molar-refractivity contribution is -0.139. The molecule has 2 amide bonds. The third-order valence-corrected chi connectivity index (χ3v) is 3.93. The summed E-state index contributed by atoms with van der Waals surface area (Å²) in [5.74, 6) is -0.280. The highest BCUT2D eigenvalue weighted by atomic mass is 32.2. The molecule has 0 saturated heterocycles. The summed E-state index contributed by atoms with van der Waals surface area (Å²) >= 11 is 1.56. The standard InChI is InChI=1S/C12H24N2O3S/c1-6-12(2,3)14(4)11(17)13-9(10(15)16)7-8-18-5/h9H,6-8H2,1-5H3,(H,13,17)(H,15,16). The predicted molar refractivity (Wildman–Crippen MR) is 75.1 cm³/mol. The van der Waals surface area contributed by atoms with E-state index < -0.39 is 12.0 Å². The van der Waals surface area contributed by atoms with Crippen molar-refractivity contribution in [3.63, 3.8) is 0 Å². The van der Waals surface area contributed by atoms with Crippen LogP contribution >= 0.6 is 11.8 Å². The number of rotatable bonds is 7. The number of carbonyl (C=O) groups is 2. The van der Waals surface area contributed by atoms with Crippen molar-refractivity contribution in [2.24, 2.45) is 0 Å². The van der Waals surface area contributed by atoms with Crippen molar-refractivity contribution in [3.05, 3.63) is 0 Å². The molecule has 1 unspecified atom stereocenters. The van der Waals surface area contributed by atoms with E-state index >= 15 is 0 Å². The molecule has 2 N–H and O–H groups in total. The van der Waals surface area contributed by atoms with Crippen LogP contribution in [-0.2, 0) is 4.79 Å². The van der Waals surface area contributed by atoms with E-state index in [9.17, 15) is 9.59 Å². The van der Waals surface area contributed by atoms with Crippen LogP contribution in [0.5, 0.6) is 0 Å². The molecule has 1 atom stereocenters.